The predicted octanol–water partition coefficient (Wildman–Crippen LogP) is 4.59. The molecule has 0 aliphatic carbocycles. The average molecular weight is 303 g/mol. The minimum absolute atomic E-state index is 0.178. The highest BCUT2D eigenvalue weighted by molar-refractivity contribution is 7.58. The van der Waals surface area contributed by atoms with Gasteiger partial charge in [0.05, 0.1) is 0 Å². The Bertz CT molecular complexity index is 497. The SMILES string of the molecule is CN1[C]N(P(C(C)(C)C)C(C)(C)C)N=C1c1ccccc1. The summed E-state index contributed by atoms with van der Waals surface area (Å²) >= 11 is 0. The molecule has 1 aromatic rings. The maximum atomic E-state index is 4.87. The Hall–Kier alpha value is -1.08. The molecule has 1 aromatic carbocycles. The van der Waals surface area contributed by atoms with E-state index in [-0.39, 0.29) is 10.3 Å². The van der Waals surface area contributed by atoms with Gasteiger partial charge in [0.15, 0.2) is 5.84 Å². The first-order valence-electron chi connectivity index (χ1n) is 7.35. The third kappa shape index (κ3) is 3.58. The fourth-order valence-electron chi connectivity index (χ4n) is 2.86. The molecular formula is C17H26N3P. The molecule has 0 aromatic heterocycles. The number of nitrogens with zero attached hydrogens (tertiary/aromatic N) is 3. The molecule has 1 aliphatic rings. The maximum absolute atomic E-state index is 4.87. The standard InChI is InChI=1S/C17H26N3P/c1-16(2,3)21(17(4,5)6)20-13-19(7)15(18-20)14-11-9-8-10-12-14/h8-12H,1-7H3. The zero-order valence-electron chi connectivity index (χ0n) is 14.2. The van der Waals surface area contributed by atoms with Crippen LogP contribution in [0.5, 0.6) is 0 Å². The Morgan fingerprint density at radius 1 is 0.952 bits per heavy atom. The maximum Gasteiger partial charge on any atom is 0.231 e. The van der Waals surface area contributed by atoms with Gasteiger partial charge in [0.25, 0.3) is 0 Å². The summed E-state index contributed by atoms with van der Waals surface area (Å²) < 4.78 is 2.08. The summed E-state index contributed by atoms with van der Waals surface area (Å²) in [5.41, 5.74) is 1.13. The van der Waals surface area contributed by atoms with E-state index in [4.69, 9.17) is 5.10 Å². The van der Waals surface area contributed by atoms with E-state index in [0.717, 1.165) is 11.4 Å². The Labute approximate surface area is 130 Å². The number of hydrogen-bond acceptors (Lipinski definition) is 3. The van der Waals surface area contributed by atoms with Gasteiger partial charge in [0.2, 0.25) is 6.67 Å². The Kier molecular flexibility index (Phi) is 4.35. The van der Waals surface area contributed by atoms with Gasteiger partial charge in [-0.2, -0.15) is 5.10 Å². The van der Waals surface area contributed by atoms with Crippen molar-refractivity contribution in [3.05, 3.63) is 42.6 Å². The van der Waals surface area contributed by atoms with E-state index in [1.54, 1.807) is 0 Å². The van der Waals surface area contributed by atoms with E-state index in [0.29, 0.717) is 0 Å². The molecule has 0 spiro atoms. The fraction of sp³-hybridized carbons (Fsp3) is 0.529. The molecule has 4 heteroatoms. The number of hydrazone groups is 1. The average Bonchev–Trinajstić information content (AvgIpc) is 2.68. The van der Waals surface area contributed by atoms with Gasteiger partial charge in [-0.05, 0) is 0 Å². The highest BCUT2D eigenvalue weighted by Gasteiger charge is 2.42. The first kappa shape index (κ1) is 16.3. The molecule has 0 atom stereocenters. The van der Waals surface area contributed by atoms with Gasteiger partial charge in [-0.15, -0.1) is 0 Å². The van der Waals surface area contributed by atoms with Gasteiger partial charge in [-0.25, -0.2) is 4.78 Å². The fourth-order valence-corrected chi connectivity index (χ4v) is 6.41. The number of benzene rings is 1. The molecule has 0 bridgehead atoms. The highest BCUT2D eigenvalue weighted by Crippen LogP contribution is 2.63. The van der Waals surface area contributed by atoms with Crippen LogP contribution in [0.1, 0.15) is 47.1 Å². The molecule has 0 unspecified atom stereocenters. The molecule has 0 saturated heterocycles. The second-order valence-corrected chi connectivity index (χ2v) is 11.1. The zero-order valence-corrected chi connectivity index (χ0v) is 15.1. The van der Waals surface area contributed by atoms with Crippen molar-refractivity contribution in [2.75, 3.05) is 7.05 Å². The van der Waals surface area contributed by atoms with Crippen molar-refractivity contribution in [2.45, 2.75) is 51.9 Å². The number of rotatable bonds is 2. The molecule has 1 heterocycles. The summed E-state index contributed by atoms with van der Waals surface area (Å²) in [4.78, 5) is 2.00. The van der Waals surface area contributed by atoms with Gasteiger partial charge in [0.1, 0.15) is 0 Å². The molecular weight excluding hydrogens is 277 g/mol. The number of amidine groups is 1. The lowest BCUT2D eigenvalue weighted by Gasteiger charge is -2.44. The van der Waals surface area contributed by atoms with Crippen LogP contribution in [0, 0.1) is 6.67 Å². The first-order chi connectivity index (χ1) is 9.60. The lowest BCUT2D eigenvalue weighted by atomic mass is 10.2. The van der Waals surface area contributed by atoms with Gasteiger partial charge < -0.3 is 4.90 Å². The summed E-state index contributed by atoms with van der Waals surface area (Å²) in [6, 6.07) is 10.3. The quantitative estimate of drug-likeness (QED) is 0.744. The summed E-state index contributed by atoms with van der Waals surface area (Å²) in [6.45, 7) is 17.2. The Morgan fingerprint density at radius 2 is 1.48 bits per heavy atom. The van der Waals surface area contributed by atoms with Crippen LogP contribution in [0.25, 0.3) is 0 Å². The van der Waals surface area contributed by atoms with Gasteiger partial charge in [-0.3, -0.25) is 0 Å². The normalized spacial score (nSPS) is 16.7. The van der Waals surface area contributed by atoms with Crippen molar-refractivity contribution in [1.82, 2.24) is 9.68 Å². The molecule has 0 N–H and O–H groups in total. The third-order valence-corrected chi connectivity index (χ3v) is 6.34. The van der Waals surface area contributed by atoms with Crippen molar-refractivity contribution in [1.29, 1.82) is 0 Å². The Morgan fingerprint density at radius 3 is 1.95 bits per heavy atom. The topological polar surface area (TPSA) is 18.8 Å². The van der Waals surface area contributed by atoms with E-state index in [9.17, 15) is 0 Å². The largest absolute Gasteiger partial charge is 0.326 e. The van der Waals surface area contributed by atoms with Crippen molar-refractivity contribution >= 4 is 13.9 Å². The highest BCUT2D eigenvalue weighted by atomic mass is 31.1. The monoisotopic (exact) mass is 303 g/mol. The summed E-state index contributed by atoms with van der Waals surface area (Å²) in [5, 5.41) is 5.22. The molecule has 114 valence electrons. The summed E-state index contributed by atoms with van der Waals surface area (Å²) in [5.74, 6) is 0.969. The van der Waals surface area contributed by atoms with E-state index >= 15 is 0 Å². The summed E-state index contributed by atoms with van der Waals surface area (Å²) in [7, 11) is 1.52. The van der Waals surface area contributed by atoms with Crippen LogP contribution >= 0.6 is 8.07 Å². The van der Waals surface area contributed by atoms with E-state index < -0.39 is 8.07 Å². The Balaban J connectivity index is 2.36. The molecule has 2 rings (SSSR count). The van der Waals surface area contributed by atoms with E-state index in [1.807, 2.05) is 30.1 Å². The van der Waals surface area contributed by atoms with Crippen LogP contribution in [0.4, 0.5) is 0 Å². The van der Waals surface area contributed by atoms with E-state index in [1.165, 1.54) is 0 Å². The van der Waals surface area contributed by atoms with Crippen molar-refractivity contribution < 1.29 is 0 Å². The molecule has 3 nitrogen and oxygen atoms in total. The minimum Gasteiger partial charge on any atom is -0.326 e. The van der Waals surface area contributed by atoms with Crippen molar-refractivity contribution in [3.63, 3.8) is 0 Å². The molecule has 0 saturated carbocycles. The molecule has 1 aliphatic heterocycles. The molecule has 0 amide bonds. The van der Waals surface area contributed by atoms with Crippen LogP contribution in [0.15, 0.2) is 35.4 Å². The van der Waals surface area contributed by atoms with Crippen molar-refractivity contribution in [3.8, 4) is 0 Å². The number of hydrogen-bond donors (Lipinski definition) is 0. The molecule has 0 fully saturated rings. The van der Waals surface area contributed by atoms with Crippen LogP contribution in [0.3, 0.4) is 0 Å². The van der Waals surface area contributed by atoms with Crippen LogP contribution in [-0.4, -0.2) is 32.9 Å². The smallest absolute Gasteiger partial charge is 0.231 e. The minimum atomic E-state index is -0.494. The van der Waals surface area contributed by atoms with Gasteiger partial charge in [0, 0.05) is 31.0 Å². The summed E-state index contributed by atoms with van der Waals surface area (Å²) in [6.07, 6.45) is 0. The predicted molar refractivity (Wildman–Crippen MR) is 92.3 cm³/mol. The molecule has 21 heavy (non-hydrogen) atoms. The first-order valence-corrected chi connectivity index (χ1v) is 8.64. The lowest BCUT2D eigenvalue weighted by molar-refractivity contribution is 0.464. The third-order valence-electron chi connectivity index (χ3n) is 3.24. The van der Waals surface area contributed by atoms with Crippen LogP contribution < -0.4 is 0 Å². The second kappa shape index (κ2) is 5.61. The van der Waals surface area contributed by atoms with Crippen LogP contribution in [0.2, 0.25) is 0 Å². The lowest BCUT2D eigenvalue weighted by Crippen LogP contribution is -2.32. The van der Waals surface area contributed by atoms with E-state index in [2.05, 4.69) is 65.1 Å². The second-order valence-electron chi connectivity index (χ2n) is 7.39. The van der Waals surface area contributed by atoms with Crippen LogP contribution in [-0.2, 0) is 0 Å². The molecule has 2 radical (unpaired) electrons. The van der Waals surface area contributed by atoms with Gasteiger partial charge >= 0.3 is 0 Å². The van der Waals surface area contributed by atoms with Crippen molar-refractivity contribution in [2.24, 2.45) is 5.10 Å². The van der Waals surface area contributed by atoms with Gasteiger partial charge in [-0.1, -0.05) is 71.9 Å². The zero-order chi connectivity index (χ0) is 15.8.